The van der Waals surface area contributed by atoms with Gasteiger partial charge in [-0.3, -0.25) is 4.79 Å². The molecule has 0 aliphatic rings. The van der Waals surface area contributed by atoms with Crippen LogP contribution in [0.25, 0.3) is 10.9 Å². The van der Waals surface area contributed by atoms with Gasteiger partial charge in [0.1, 0.15) is 15.5 Å². The first-order valence-corrected chi connectivity index (χ1v) is 8.43. The molecule has 106 valence electrons. The second-order valence-electron chi connectivity index (χ2n) is 4.65. The van der Waals surface area contributed by atoms with Crippen LogP contribution >= 0.6 is 0 Å². The molecule has 0 amide bonds. The molecule has 0 aliphatic carbocycles. The zero-order chi connectivity index (χ0) is 14.6. The molecule has 2 aromatic rings. The summed E-state index contributed by atoms with van der Waals surface area (Å²) in [4.78, 5) is 16.3. The van der Waals surface area contributed by atoms with Crippen LogP contribution in [-0.4, -0.2) is 30.7 Å². The van der Waals surface area contributed by atoms with Crippen LogP contribution in [0.4, 0.5) is 0 Å². The molecule has 0 N–H and O–H groups in total. The zero-order valence-corrected chi connectivity index (χ0v) is 12.2. The number of pyridine rings is 1. The van der Waals surface area contributed by atoms with E-state index in [0.29, 0.717) is 12.1 Å². The lowest BCUT2D eigenvalue weighted by molar-refractivity contribution is 0.0977. The number of para-hydroxylation sites is 1. The lowest BCUT2D eigenvalue weighted by Gasteiger charge is -2.03. The van der Waals surface area contributed by atoms with Crippen LogP contribution in [-0.2, 0) is 9.84 Å². The predicted molar refractivity (Wildman–Crippen MR) is 79.6 cm³/mol. The van der Waals surface area contributed by atoms with Gasteiger partial charge in [-0.25, -0.2) is 13.4 Å². The number of fused-ring (bicyclic) bond motifs is 1. The summed E-state index contributed by atoms with van der Waals surface area (Å²) in [5.74, 6) is 0.0696. The number of ketones is 1. The van der Waals surface area contributed by atoms with Crippen LogP contribution in [0.3, 0.4) is 0 Å². The Kier molecular flexibility index (Phi) is 4.49. The van der Waals surface area contributed by atoms with Gasteiger partial charge in [-0.05, 0) is 18.6 Å². The van der Waals surface area contributed by atoms with Crippen molar-refractivity contribution in [3.63, 3.8) is 0 Å². The zero-order valence-electron chi connectivity index (χ0n) is 11.4. The Morgan fingerprint density at radius 1 is 1.15 bits per heavy atom. The average Bonchev–Trinajstić information content (AvgIpc) is 2.46. The Morgan fingerprint density at radius 3 is 2.65 bits per heavy atom. The Labute approximate surface area is 118 Å². The Morgan fingerprint density at radius 2 is 1.90 bits per heavy atom. The molecule has 2 rings (SSSR count). The molecule has 0 fully saturated rings. The van der Waals surface area contributed by atoms with Gasteiger partial charge in [0.25, 0.3) is 0 Å². The van der Waals surface area contributed by atoms with Crippen molar-refractivity contribution >= 4 is 26.5 Å². The van der Waals surface area contributed by atoms with Gasteiger partial charge in [0.2, 0.25) is 0 Å². The molecule has 0 aliphatic heterocycles. The monoisotopic (exact) mass is 291 g/mol. The fourth-order valence-corrected chi connectivity index (χ4v) is 2.82. The van der Waals surface area contributed by atoms with Crippen molar-refractivity contribution in [2.75, 3.05) is 11.5 Å². The molecule has 4 nitrogen and oxygen atoms in total. The van der Waals surface area contributed by atoms with Crippen LogP contribution < -0.4 is 0 Å². The first-order chi connectivity index (χ1) is 9.52. The molecule has 0 saturated heterocycles. The normalized spacial score (nSPS) is 11.7. The van der Waals surface area contributed by atoms with Crippen molar-refractivity contribution in [2.24, 2.45) is 0 Å². The van der Waals surface area contributed by atoms with E-state index in [1.54, 1.807) is 13.0 Å². The summed E-state index contributed by atoms with van der Waals surface area (Å²) in [5.41, 5.74) is 1.18. The summed E-state index contributed by atoms with van der Waals surface area (Å²) < 4.78 is 22.7. The average molecular weight is 291 g/mol. The molecule has 5 heteroatoms. The maximum atomic E-state index is 12.0. The summed E-state index contributed by atoms with van der Waals surface area (Å²) in [6.07, 6.45) is 0.564. The lowest BCUT2D eigenvalue weighted by atomic mass is 10.1. The van der Waals surface area contributed by atoms with Crippen molar-refractivity contribution in [1.82, 2.24) is 4.98 Å². The summed E-state index contributed by atoms with van der Waals surface area (Å²) in [6.45, 7) is 1.61. The Balaban J connectivity index is 2.04. The number of carbonyl (C=O) groups is 1. The predicted octanol–water partition coefficient (Wildman–Crippen LogP) is 2.63. The van der Waals surface area contributed by atoms with Gasteiger partial charge in [-0.1, -0.05) is 31.2 Å². The van der Waals surface area contributed by atoms with Crippen LogP contribution in [0.5, 0.6) is 0 Å². The largest absolute Gasteiger partial charge is 0.292 e. The first kappa shape index (κ1) is 14.7. The van der Waals surface area contributed by atoms with E-state index in [1.807, 2.05) is 30.3 Å². The number of sulfone groups is 1. The SMILES string of the molecule is CCS(=O)(=O)CCCC(=O)c1ccc2ccccc2n1. The molecule has 0 atom stereocenters. The molecule has 1 heterocycles. The second kappa shape index (κ2) is 6.13. The molecular weight excluding hydrogens is 274 g/mol. The maximum Gasteiger partial charge on any atom is 0.181 e. The molecule has 20 heavy (non-hydrogen) atoms. The molecule has 0 unspecified atom stereocenters. The Hall–Kier alpha value is -1.75. The molecule has 0 radical (unpaired) electrons. The van der Waals surface area contributed by atoms with Gasteiger partial charge in [0.15, 0.2) is 5.78 Å². The minimum absolute atomic E-state index is 0.0584. The van der Waals surface area contributed by atoms with E-state index in [1.165, 1.54) is 0 Å². The smallest absolute Gasteiger partial charge is 0.181 e. The van der Waals surface area contributed by atoms with E-state index >= 15 is 0 Å². The Bertz CT molecular complexity index is 723. The van der Waals surface area contributed by atoms with Crippen molar-refractivity contribution in [1.29, 1.82) is 0 Å². The summed E-state index contributed by atoms with van der Waals surface area (Å²) in [5, 5.41) is 0.984. The molecule has 0 bridgehead atoms. The standard InChI is InChI=1S/C15H17NO3S/c1-2-20(18,19)11-5-8-15(17)14-10-9-12-6-3-4-7-13(12)16-14/h3-4,6-7,9-10H,2,5,8,11H2,1H3. The molecule has 1 aromatic heterocycles. The van der Waals surface area contributed by atoms with Gasteiger partial charge >= 0.3 is 0 Å². The highest BCUT2D eigenvalue weighted by molar-refractivity contribution is 7.91. The summed E-state index contributed by atoms with van der Waals surface area (Å²) in [7, 11) is -3.00. The van der Waals surface area contributed by atoms with Gasteiger partial charge in [-0.2, -0.15) is 0 Å². The molecule has 0 saturated carbocycles. The van der Waals surface area contributed by atoms with E-state index in [0.717, 1.165) is 10.9 Å². The van der Waals surface area contributed by atoms with E-state index < -0.39 is 9.84 Å². The highest BCUT2D eigenvalue weighted by Crippen LogP contribution is 2.13. The van der Waals surface area contributed by atoms with Crippen molar-refractivity contribution in [3.8, 4) is 0 Å². The fourth-order valence-electron chi connectivity index (χ4n) is 1.95. The number of benzene rings is 1. The number of carbonyl (C=O) groups excluding carboxylic acids is 1. The van der Waals surface area contributed by atoms with Gasteiger partial charge < -0.3 is 0 Å². The number of rotatable bonds is 6. The molecular formula is C15H17NO3S. The van der Waals surface area contributed by atoms with Gasteiger partial charge in [0.05, 0.1) is 11.3 Å². The number of hydrogen-bond donors (Lipinski definition) is 0. The van der Waals surface area contributed by atoms with Crippen molar-refractivity contribution in [3.05, 3.63) is 42.1 Å². The van der Waals surface area contributed by atoms with E-state index in [2.05, 4.69) is 4.98 Å². The van der Waals surface area contributed by atoms with Crippen molar-refractivity contribution < 1.29 is 13.2 Å². The second-order valence-corrected chi connectivity index (χ2v) is 7.13. The van der Waals surface area contributed by atoms with Crippen LogP contribution in [0.15, 0.2) is 36.4 Å². The topological polar surface area (TPSA) is 64.1 Å². The number of aromatic nitrogens is 1. The molecule has 1 aromatic carbocycles. The third kappa shape index (κ3) is 3.63. The minimum atomic E-state index is -3.00. The summed E-state index contributed by atoms with van der Waals surface area (Å²) >= 11 is 0. The van der Waals surface area contributed by atoms with Crippen LogP contribution in [0, 0.1) is 0 Å². The lowest BCUT2D eigenvalue weighted by Crippen LogP contribution is -2.11. The highest BCUT2D eigenvalue weighted by Gasteiger charge is 2.12. The van der Waals surface area contributed by atoms with E-state index in [4.69, 9.17) is 0 Å². The maximum absolute atomic E-state index is 12.0. The number of hydrogen-bond acceptors (Lipinski definition) is 4. The highest BCUT2D eigenvalue weighted by atomic mass is 32.2. The minimum Gasteiger partial charge on any atom is -0.292 e. The molecule has 0 spiro atoms. The van der Waals surface area contributed by atoms with Gasteiger partial charge in [0, 0.05) is 17.6 Å². The first-order valence-electron chi connectivity index (χ1n) is 6.61. The third-order valence-electron chi connectivity index (χ3n) is 3.18. The van der Waals surface area contributed by atoms with Crippen LogP contribution in [0.1, 0.15) is 30.3 Å². The number of Topliss-reactive ketones (excluding diaryl/α,β-unsaturated/α-hetero) is 1. The van der Waals surface area contributed by atoms with Crippen molar-refractivity contribution in [2.45, 2.75) is 19.8 Å². The quantitative estimate of drug-likeness (QED) is 0.767. The van der Waals surface area contributed by atoms with Gasteiger partial charge in [-0.15, -0.1) is 0 Å². The fraction of sp³-hybridized carbons (Fsp3) is 0.333. The summed E-state index contributed by atoms with van der Waals surface area (Å²) in [6, 6.07) is 11.1. The number of nitrogens with zero attached hydrogens (tertiary/aromatic N) is 1. The van der Waals surface area contributed by atoms with Crippen LogP contribution in [0.2, 0.25) is 0 Å². The van der Waals surface area contributed by atoms with E-state index in [-0.39, 0.29) is 23.7 Å². The van der Waals surface area contributed by atoms with E-state index in [9.17, 15) is 13.2 Å². The third-order valence-corrected chi connectivity index (χ3v) is 4.97.